The molecular formula is C25H24N2O4. The second-order valence-electron chi connectivity index (χ2n) is 7.38. The van der Waals surface area contributed by atoms with Gasteiger partial charge in [-0.15, -0.1) is 0 Å². The molecule has 0 fully saturated rings. The van der Waals surface area contributed by atoms with Crippen molar-refractivity contribution in [2.45, 2.75) is 19.6 Å². The van der Waals surface area contributed by atoms with Crippen molar-refractivity contribution in [3.05, 3.63) is 89.5 Å². The second kappa shape index (κ2) is 8.92. The van der Waals surface area contributed by atoms with Gasteiger partial charge < -0.3 is 19.7 Å². The summed E-state index contributed by atoms with van der Waals surface area (Å²) in [6.07, 6.45) is -0.804. The summed E-state index contributed by atoms with van der Waals surface area (Å²) in [4.78, 5) is 27.8. The molecule has 2 amide bonds. The minimum atomic E-state index is -0.804. The van der Waals surface area contributed by atoms with Gasteiger partial charge in [-0.25, -0.2) is 0 Å². The van der Waals surface area contributed by atoms with E-state index >= 15 is 0 Å². The van der Waals surface area contributed by atoms with E-state index in [0.29, 0.717) is 23.5 Å². The Bertz CT molecular complexity index is 1100. The van der Waals surface area contributed by atoms with E-state index in [9.17, 15) is 9.59 Å². The number of fused-ring (bicyclic) bond motifs is 1. The average Bonchev–Trinajstić information content (AvgIpc) is 2.82. The zero-order valence-corrected chi connectivity index (χ0v) is 17.5. The highest BCUT2D eigenvalue weighted by molar-refractivity contribution is 6.08. The van der Waals surface area contributed by atoms with Crippen LogP contribution in [0, 0.1) is 6.92 Å². The highest BCUT2D eigenvalue weighted by atomic mass is 16.5. The smallest absolute Gasteiger partial charge is 0.263 e. The van der Waals surface area contributed by atoms with Crippen LogP contribution in [0.15, 0.2) is 72.8 Å². The summed E-state index contributed by atoms with van der Waals surface area (Å²) < 4.78 is 11.2. The number of carbonyl (C=O) groups is 2. The van der Waals surface area contributed by atoms with Gasteiger partial charge in [0.15, 0.2) is 6.10 Å². The van der Waals surface area contributed by atoms with Gasteiger partial charge in [-0.1, -0.05) is 42.5 Å². The lowest BCUT2D eigenvalue weighted by molar-refractivity contribution is -0.127. The van der Waals surface area contributed by atoms with E-state index in [0.717, 1.165) is 16.9 Å². The third-order valence-electron chi connectivity index (χ3n) is 5.26. The molecule has 0 aromatic heterocycles. The van der Waals surface area contributed by atoms with E-state index in [4.69, 9.17) is 9.47 Å². The van der Waals surface area contributed by atoms with E-state index in [1.807, 2.05) is 55.5 Å². The molecule has 6 heteroatoms. The lowest BCUT2D eigenvalue weighted by Gasteiger charge is -2.34. The van der Waals surface area contributed by atoms with Crippen LogP contribution in [0.1, 0.15) is 21.5 Å². The van der Waals surface area contributed by atoms with E-state index in [1.165, 1.54) is 0 Å². The number of para-hydroxylation sites is 2. The molecule has 1 aliphatic rings. The fourth-order valence-corrected chi connectivity index (χ4v) is 3.63. The fraction of sp³-hybridized carbons (Fsp3) is 0.200. The van der Waals surface area contributed by atoms with E-state index in [2.05, 4.69) is 5.32 Å². The zero-order chi connectivity index (χ0) is 21.8. The van der Waals surface area contributed by atoms with Gasteiger partial charge in [0.05, 0.1) is 19.3 Å². The number of benzene rings is 3. The monoisotopic (exact) mass is 416 g/mol. The predicted octanol–water partition coefficient (Wildman–Crippen LogP) is 3.73. The van der Waals surface area contributed by atoms with Crippen molar-refractivity contribution in [1.29, 1.82) is 0 Å². The van der Waals surface area contributed by atoms with Crippen molar-refractivity contribution in [1.82, 2.24) is 5.32 Å². The molecule has 0 saturated carbocycles. The largest absolute Gasteiger partial charge is 0.496 e. The number of anilines is 1. The van der Waals surface area contributed by atoms with Crippen molar-refractivity contribution in [3.8, 4) is 11.5 Å². The molecule has 6 nitrogen and oxygen atoms in total. The van der Waals surface area contributed by atoms with Gasteiger partial charge in [-0.05, 0) is 48.4 Å². The predicted molar refractivity (Wildman–Crippen MR) is 119 cm³/mol. The second-order valence-corrected chi connectivity index (χ2v) is 7.38. The molecule has 31 heavy (non-hydrogen) atoms. The van der Waals surface area contributed by atoms with Crippen molar-refractivity contribution < 1.29 is 19.1 Å². The first kappa shape index (κ1) is 20.5. The Morgan fingerprint density at radius 1 is 1.06 bits per heavy atom. The van der Waals surface area contributed by atoms with Gasteiger partial charge >= 0.3 is 0 Å². The Kier molecular flexibility index (Phi) is 5.89. The third-order valence-corrected chi connectivity index (χ3v) is 5.26. The number of hydrogen-bond donors (Lipinski definition) is 1. The standard InChI is InChI=1S/C25H24N2O4/c1-17-14-19(12-13-21(17)30-2)25(29)27-16-23(31-22-11-7-6-10-20(22)27)24(28)26-15-18-8-4-3-5-9-18/h3-14,23H,15-16H2,1-2H3,(H,26,28)/t23-/m0/s1. The van der Waals surface area contributed by atoms with Crippen LogP contribution in [0.2, 0.25) is 0 Å². The first-order chi connectivity index (χ1) is 15.1. The summed E-state index contributed by atoms with van der Waals surface area (Å²) in [5, 5.41) is 2.90. The molecule has 3 aromatic rings. The Morgan fingerprint density at radius 2 is 1.81 bits per heavy atom. The van der Waals surface area contributed by atoms with Gasteiger partial charge in [-0.2, -0.15) is 0 Å². The Balaban J connectivity index is 1.56. The maximum atomic E-state index is 13.4. The quantitative estimate of drug-likeness (QED) is 0.688. The maximum Gasteiger partial charge on any atom is 0.263 e. The minimum absolute atomic E-state index is 0.127. The number of ether oxygens (including phenoxy) is 2. The molecule has 158 valence electrons. The topological polar surface area (TPSA) is 67.9 Å². The number of rotatable bonds is 5. The minimum Gasteiger partial charge on any atom is -0.496 e. The van der Waals surface area contributed by atoms with Crippen molar-refractivity contribution in [2.24, 2.45) is 0 Å². The molecule has 0 spiro atoms. The SMILES string of the molecule is COc1ccc(C(=O)N2C[C@@H](C(=O)NCc3ccccc3)Oc3ccccc32)cc1C. The van der Waals surface area contributed by atoms with Gasteiger partial charge in [0.25, 0.3) is 11.8 Å². The van der Waals surface area contributed by atoms with Crippen molar-refractivity contribution >= 4 is 17.5 Å². The van der Waals surface area contributed by atoms with Crippen molar-refractivity contribution in [3.63, 3.8) is 0 Å². The summed E-state index contributed by atoms with van der Waals surface area (Å²) in [5.74, 6) is 0.772. The highest BCUT2D eigenvalue weighted by Crippen LogP contribution is 2.34. The molecule has 0 bridgehead atoms. The highest BCUT2D eigenvalue weighted by Gasteiger charge is 2.34. The molecule has 0 unspecified atom stereocenters. The first-order valence-corrected chi connectivity index (χ1v) is 10.1. The maximum absolute atomic E-state index is 13.4. The number of nitrogens with zero attached hydrogens (tertiary/aromatic N) is 1. The van der Waals surface area contributed by atoms with Crippen LogP contribution in [0.4, 0.5) is 5.69 Å². The molecule has 0 saturated heterocycles. The third kappa shape index (κ3) is 4.38. The number of methoxy groups -OCH3 is 1. The van der Waals surface area contributed by atoms with E-state index in [-0.39, 0.29) is 18.4 Å². The number of nitrogens with one attached hydrogen (secondary N) is 1. The van der Waals surface area contributed by atoms with Gasteiger partial charge in [0, 0.05) is 12.1 Å². The number of amides is 2. The Morgan fingerprint density at radius 3 is 2.55 bits per heavy atom. The fourth-order valence-electron chi connectivity index (χ4n) is 3.63. The van der Waals surface area contributed by atoms with Crippen LogP contribution in [0.3, 0.4) is 0 Å². The number of carbonyl (C=O) groups excluding carboxylic acids is 2. The molecule has 1 aliphatic heterocycles. The normalized spacial score (nSPS) is 14.9. The van der Waals surface area contributed by atoms with Crippen LogP contribution in [-0.2, 0) is 11.3 Å². The van der Waals surface area contributed by atoms with Crippen LogP contribution < -0.4 is 19.7 Å². The van der Waals surface area contributed by atoms with Crippen molar-refractivity contribution in [2.75, 3.05) is 18.6 Å². The molecule has 3 aromatic carbocycles. The summed E-state index contributed by atoms with van der Waals surface area (Å²) in [6, 6.07) is 22.2. The molecule has 1 heterocycles. The van der Waals surface area contributed by atoms with Crippen LogP contribution in [0.25, 0.3) is 0 Å². The summed E-state index contributed by atoms with van der Waals surface area (Å²) in [6.45, 7) is 2.41. The molecule has 0 radical (unpaired) electrons. The molecule has 0 aliphatic carbocycles. The van der Waals surface area contributed by atoms with Gasteiger partial charge in [0.1, 0.15) is 11.5 Å². The molecule has 1 atom stereocenters. The molecular weight excluding hydrogens is 392 g/mol. The molecule has 1 N–H and O–H groups in total. The average molecular weight is 416 g/mol. The van der Waals surface area contributed by atoms with Crippen LogP contribution in [0.5, 0.6) is 11.5 Å². The number of hydrogen-bond acceptors (Lipinski definition) is 4. The van der Waals surface area contributed by atoms with E-state index < -0.39 is 6.10 Å². The molecule has 4 rings (SSSR count). The number of aryl methyl sites for hydroxylation is 1. The first-order valence-electron chi connectivity index (χ1n) is 10.1. The Labute approximate surface area is 181 Å². The lowest BCUT2D eigenvalue weighted by Crippen LogP contribution is -2.50. The van der Waals surface area contributed by atoms with Gasteiger partial charge in [-0.3, -0.25) is 9.59 Å². The van der Waals surface area contributed by atoms with Crippen LogP contribution >= 0.6 is 0 Å². The zero-order valence-electron chi connectivity index (χ0n) is 17.5. The van der Waals surface area contributed by atoms with Gasteiger partial charge in [0.2, 0.25) is 0 Å². The summed E-state index contributed by atoms with van der Waals surface area (Å²) in [5.41, 5.74) is 3.03. The van der Waals surface area contributed by atoms with E-state index in [1.54, 1.807) is 36.3 Å². The van der Waals surface area contributed by atoms with Crippen LogP contribution in [-0.4, -0.2) is 31.6 Å². The lowest BCUT2D eigenvalue weighted by atomic mass is 10.1. The Hall–Kier alpha value is -3.80. The summed E-state index contributed by atoms with van der Waals surface area (Å²) >= 11 is 0. The summed E-state index contributed by atoms with van der Waals surface area (Å²) in [7, 11) is 1.60.